The Morgan fingerprint density at radius 2 is 1.94 bits per heavy atom. The molecule has 2 aromatic rings. The molecule has 6 atom stereocenters. The number of unbranched alkanes of at least 4 members (excludes halogenated alkanes) is 1. The van der Waals surface area contributed by atoms with Crippen LogP contribution in [0.3, 0.4) is 0 Å². The number of hydrogen-bond donors (Lipinski definition) is 2. The minimum absolute atomic E-state index is 0.0514. The van der Waals surface area contributed by atoms with E-state index in [1.54, 1.807) is 29.2 Å². The molecule has 2 aromatic carbocycles. The summed E-state index contributed by atoms with van der Waals surface area (Å²) < 4.78 is 12.7. The van der Waals surface area contributed by atoms with E-state index < -0.39 is 41.7 Å². The monoisotopic (exact) mass is 677 g/mol. The molecule has 3 saturated heterocycles. The second kappa shape index (κ2) is 15.5. The van der Waals surface area contributed by atoms with E-state index in [2.05, 4.69) is 18.5 Å². The van der Waals surface area contributed by atoms with Crippen LogP contribution in [0.25, 0.3) is 0 Å². The Balaban J connectivity index is 1.47. The Morgan fingerprint density at radius 1 is 1.17 bits per heavy atom. The summed E-state index contributed by atoms with van der Waals surface area (Å²) in [5, 5.41) is 12.7. The van der Waals surface area contributed by atoms with Gasteiger partial charge in [-0.05, 0) is 56.2 Å². The number of benzene rings is 2. The van der Waals surface area contributed by atoms with Crippen molar-refractivity contribution in [3.05, 3.63) is 90.0 Å². The van der Waals surface area contributed by atoms with Gasteiger partial charge >= 0.3 is 5.97 Å². The quantitative estimate of drug-likeness (QED) is 0.150. The number of halogens is 1. The minimum Gasteiger partial charge on any atom is -0.455 e. The summed E-state index contributed by atoms with van der Waals surface area (Å²) in [7, 11) is 0. The van der Waals surface area contributed by atoms with Crippen molar-refractivity contribution >= 4 is 41.0 Å². The number of para-hydroxylation sites is 1. The lowest BCUT2D eigenvalue weighted by Gasteiger charge is -2.37. The molecule has 0 aliphatic carbocycles. The van der Waals surface area contributed by atoms with Gasteiger partial charge in [-0.15, -0.1) is 13.2 Å². The number of ether oxygens (including phenoxy) is 2. The smallest absolute Gasteiger partial charge is 0.313 e. The molecule has 0 aromatic heterocycles. The fourth-order valence-corrected chi connectivity index (χ4v) is 7.83. The third-order valence-electron chi connectivity index (χ3n) is 9.64. The number of carbonyl (C=O) groups is 4. The molecule has 3 aliphatic rings. The van der Waals surface area contributed by atoms with E-state index >= 15 is 0 Å². The molecule has 3 aliphatic heterocycles. The van der Waals surface area contributed by atoms with E-state index in [9.17, 15) is 24.3 Å². The molecule has 3 heterocycles. The minimum atomic E-state index is -1.25. The van der Waals surface area contributed by atoms with Crippen LogP contribution in [-0.2, 0) is 28.7 Å². The van der Waals surface area contributed by atoms with E-state index in [0.717, 1.165) is 5.56 Å². The van der Waals surface area contributed by atoms with Crippen molar-refractivity contribution in [3.8, 4) is 0 Å². The molecule has 11 heteroatoms. The Hall–Kier alpha value is -3.99. The summed E-state index contributed by atoms with van der Waals surface area (Å²) in [5.41, 5.74) is 0.748. The number of fused-ring (bicyclic) bond motifs is 1. The van der Waals surface area contributed by atoms with Crippen LogP contribution in [0.4, 0.5) is 5.69 Å². The number of anilines is 1. The third-order valence-corrected chi connectivity index (χ3v) is 9.94. The van der Waals surface area contributed by atoms with Gasteiger partial charge in [-0.3, -0.25) is 19.2 Å². The molecule has 0 radical (unpaired) electrons. The molecule has 2 N–H and O–H groups in total. The van der Waals surface area contributed by atoms with Crippen LogP contribution >= 0.6 is 11.6 Å². The van der Waals surface area contributed by atoms with Crippen LogP contribution in [0.1, 0.15) is 55.8 Å². The van der Waals surface area contributed by atoms with Crippen LogP contribution in [-0.4, -0.2) is 77.7 Å². The molecule has 10 nitrogen and oxygen atoms in total. The predicted octanol–water partition coefficient (Wildman–Crippen LogP) is 4.68. The van der Waals surface area contributed by atoms with E-state index in [1.165, 1.54) is 4.90 Å². The zero-order valence-corrected chi connectivity index (χ0v) is 28.1. The van der Waals surface area contributed by atoms with Gasteiger partial charge in [0.25, 0.3) is 5.91 Å². The van der Waals surface area contributed by atoms with Crippen molar-refractivity contribution in [1.82, 2.24) is 10.2 Å². The van der Waals surface area contributed by atoms with Crippen molar-refractivity contribution in [2.45, 2.75) is 69.3 Å². The second-order valence-corrected chi connectivity index (χ2v) is 13.0. The number of nitrogens with zero attached hydrogens (tertiary/aromatic N) is 2. The van der Waals surface area contributed by atoms with Gasteiger partial charge in [0.2, 0.25) is 11.8 Å². The Bertz CT molecular complexity index is 1510. The highest BCUT2D eigenvalue weighted by atomic mass is 35.5. The molecule has 256 valence electrons. The van der Waals surface area contributed by atoms with E-state index in [4.69, 9.17) is 21.1 Å². The number of amides is 3. The number of nitrogens with one attached hydrogen (secondary N) is 1. The summed E-state index contributed by atoms with van der Waals surface area (Å²) in [5.74, 6) is -3.41. The second-order valence-electron chi connectivity index (χ2n) is 12.6. The highest BCUT2D eigenvalue weighted by Gasteiger charge is 2.75. The van der Waals surface area contributed by atoms with Gasteiger partial charge in [-0.1, -0.05) is 66.2 Å². The fourth-order valence-electron chi connectivity index (χ4n) is 7.51. The van der Waals surface area contributed by atoms with Crippen molar-refractivity contribution < 1.29 is 33.8 Å². The fraction of sp³-hybridized carbons (Fsp3) is 0.459. The van der Waals surface area contributed by atoms with E-state index in [-0.39, 0.29) is 50.4 Å². The number of aliphatic hydroxyl groups excluding tert-OH is 1. The SMILES string of the molecule is C=CCCC(=O)NC[C@@H](OC(=O)[C@@H]1[C@@H]2CC[C@]3(O2)[C@H](C(=O)N(CC=C)c2c(C)cccc2Cl)N(CCCCO)C(=O)[C@@H]13)c1ccccc1. The molecule has 5 rings (SSSR count). The predicted molar refractivity (Wildman–Crippen MR) is 182 cm³/mol. The summed E-state index contributed by atoms with van der Waals surface area (Å²) in [6.07, 6.45) is 4.41. The van der Waals surface area contributed by atoms with Gasteiger partial charge in [-0.2, -0.15) is 0 Å². The molecule has 3 fully saturated rings. The maximum Gasteiger partial charge on any atom is 0.313 e. The molecule has 0 saturated carbocycles. The molecule has 2 bridgehead atoms. The van der Waals surface area contributed by atoms with Crippen LogP contribution in [0, 0.1) is 18.8 Å². The molecule has 3 amide bonds. The molecule has 0 unspecified atom stereocenters. The number of esters is 1. The molecule has 1 spiro atoms. The molecular weight excluding hydrogens is 634 g/mol. The first kappa shape index (κ1) is 35.3. The van der Waals surface area contributed by atoms with Crippen LogP contribution in [0.2, 0.25) is 5.02 Å². The summed E-state index contributed by atoms with van der Waals surface area (Å²) in [6.45, 7) is 9.72. The van der Waals surface area contributed by atoms with Crippen molar-refractivity contribution in [2.75, 3.05) is 31.1 Å². The number of allylic oxidation sites excluding steroid dienone is 1. The first-order valence-electron chi connectivity index (χ1n) is 16.6. The molecule has 48 heavy (non-hydrogen) atoms. The normalized spacial score (nSPS) is 24.6. The Kier molecular flexibility index (Phi) is 11.4. The number of rotatable bonds is 16. The topological polar surface area (TPSA) is 125 Å². The Labute approximate surface area is 286 Å². The average Bonchev–Trinajstić information content (AvgIpc) is 3.72. The number of likely N-dealkylation sites (tertiary alicyclic amines) is 1. The maximum atomic E-state index is 14.8. The standard InChI is InChI=1S/C37H44ClN3O7/c1-4-6-17-29(43)39-23-28(25-14-8-7-9-15-25)47-36(46)30-27-18-19-37(48-27)31(30)34(44)41(21-10-11-22-42)33(37)35(45)40(20-5-2)32-24(3)13-12-16-26(32)38/h4-5,7-9,12-16,27-28,30-31,33,42H,1-2,6,10-11,17-23H2,3H3,(H,39,43)/t27-,28+,30+,31+,33-,37+/m0/s1. The molecular formula is C37H44ClN3O7. The lowest BCUT2D eigenvalue weighted by molar-refractivity contribution is -0.160. The van der Waals surface area contributed by atoms with Crippen LogP contribution in [0.5, 0.6) is 0 Å². The largest absolute Gasteiger partial charge is 0.455 e. The Morgan fingerprint density at radius 3 is 2.62 bits per heavy atom. The number of aliphatic hydroxyl groups is 1. The maximum absolute atomic E-state index is 14.8. The average molecular weight is 678 g/mol. The van der Waals surface area contributed by atoms with Crippen molar-refractivity contribution in [1.29, 1.82) is 0 Å². The van der Waals surface area contributed by atoms with Gasteiger partial charge in [0.15, 0.2) is 0 Å². The number of carbonyl (C=O) groups excluding carboxylic acids is 4. The van der Waals surface area contributed by atoms with Crippen molar-refractivity contribution in [3.63, 3.8) is 0 Å². The highest BCUT2D eigenvalue weighted by Crippen LogP contribution is 2.59. The van der Waals surface area contributed by atoms with Gasteiger partial charge < -0.3 is 29.7 Å². The van der Waals surface area contributed by atoms with E-state index in [0.29, 0.717) is 48.4 Å². The number of hydrogen-bond acceptors (Lipinski definition) is 7. The highest BCUT2D eigenvalue weighted by molar-refractivity contribution is 6.34. The van der Waals surface area contributed by atoms with Crippen LogP contribution < -0.4 is 10.2 Å². The number of aryl methyl sites for hydroxylation is 1. The van der Waals surface area contributed by atoms with Crippen LogP contribution in [0.15, 0.2) is 73.8 Å². The third kappa shape index (κ3) is 6.79. The zero-order chi connectivity index (χ0) is 34.4. The van der Waals surface area contributed by atoms with Gasteiger partial charge in [0.1, 0.15) is 17.7 Å². The van der Waals surface area contributed by atoms with Gasteiger partial charge in [0.05, 0.1) is 35.2 Å². The summed E-state index contributed by atoms with van der Waals surface area (Å²) in [4.78, 5) is 58.8. The van der Waals surface area contributed by atoms with E-state index in [1.807, 2.05) is 43.3 Å². The summed E-state index contributed by atoms with van der Waals surface area (Å²) >= 11 is 6.64. The first-order valence-corrected chi connectivity index (χ1v) is 17.0. The lowest BCUT2D eigenvalue weighted by atomic mass is 9.70. The van der Waals surface area contributed by atoms with Gasteiger partial charge in [0, 0.05) is 26.1 Å². The summed E-state index contributed by atoms with van der Waals surface area (Å²) in [6, 6.07) is 13.5. The van der Waals surface area contributed by atoms with Crippen molar-refractivity contribution in [2.24, 2.45) is 11.8 Å². The first-order chi connectivity index (χ1) is 23.2. The lowest BCUT2D eigenvalue weighted by Crippen LogP contribution is -2.56. The zero-order valence-electron chi connectivity index (χ0n) is 27.3. The van der Waals surface area contributed by atoms with Gasteiger partial charge in [-0.25, -0.2) is 0 Å².